The summed E-state index contributed by atoms with van der Waals surface area (Å²) in [6, 6.07) is 19.1. The Bertz CT molecular complexity index is 1150. The fourth-order valence-corrected chi connectivity index (χ4v) is 5.88. The largest absolute Gasteiger partial charge is 0.461 e. The number of esters is 2. The lowest BCUT2D eigenvalue weighted by Crippen LogP contribution is -2.38. The average Bonchev–Trinajstić information content (AvgIpc) is 3.24. The maximum Gasteiger partial charge on any atom is 0.318 e. The second-order valence-electron chi connectivity index (χ2n) is 9.63. The number of carbonyl (C=O) groups excluding carboxylic acids is 3. The highest BCUT2D eigenvalue weighted by molar-refractivity contribution is 6.09. The molecule has 1 fully saturated rings. The number of rotatable bonds is 4. The third kappa shape index (κ3) is 3.69. The molecule has 0 N–H and O–H groups in total. The lowest BCUT2D eigenvalue weighted by Gasteiger charge is -2.30. The molecule has 3 aliphatic rings. The molecule has 0 radical (unpaired) electrons. The van der Waals surface area contributed by atoms with Crippen LogP contribution in [0.2, 0.25) is 0 Å². The van der Waals surface area contributed by atoms with Gasteiger partial charge in [0.1, 0.15) is 18.1 Å². The molecule has 2 aliphatic carbocycles. The Kier molecular flexibility index (Phi) is 5.72. The van der Waals surface area contributed by atoms with Crippen LogP contribution in [0.25, 0.3) is 0 Å². The van der Waals surface area contributed by atoms with Crippen molar-refractivity contribution in [3.8, 4) is 0 Å². The lowest BCUT2D eigenvalue weighted by molar-refractivity contribution is -0.154. The Balaban J connectivity index is 1.52. The first kappa shape index (κ1) is 22.3. The van der Waals surface area contributed by atoms with E-state index < -0.39 is 24.0 Å². The molecule has 0 bridgehead atoms. The number of ether oxygens (including phenoxy) is 2. The lowest BCUT2D eigenvalue weighted by atomic mass is 9.79. The third-order valence-electron chi connectivity index (χ3n) is 7.50. The topological polar surface area (TPSA) is 69.7 Å². The van der Waals surface area contributed by atoms with Crippen LogP contribution in [0, 0.1) is 17.8 Å². The molecular formula is C29H28O5. The van der Waals surface area contributed by atoms with Crippen molar-refractivity contribution < 1.29 is 23.9 Å². The molecule has 1 saturated heterocycles. The summed E-state index contributed by atoms with van der Waals surface area (Å²) in [4.78, 5) is 39.1. The van der Waals surface area contributed by atoms with Gasteiger partial charge in [0.15, 0.2) is 5.78 Å². The standard InChI is InChI=1S/C29H28O5/c1-16-14-21(30)23-17(2)15-22(25-18(3)28(31)34-27(25)24(16)23)33-29(32)26(19-10-6-4-7-11-19)20-12-8-5-9-13-20/h4-14,18,22,24-27H,15H2,1-3H3/t18-,22-,24-,25+,27+/m0/s1. The molecule has 0 amide bonds. The molecule has 5 heteroatoms. The average molecular weight is 457 g/mol. The van der Waals surface area contributed by atoms with Gasteiger partial charge in [-0.2, -0.15) is 0 Å². The molecular weight excluding hydrogens is 428 g/mol. The molecule has 1 heterocycles. The van der Waals surface area contributed by atoms with Gasteiger partial charge in [-0.3, -0.25) is 14.4 Å². The van der Waals surface area contributed by atoms with E-state index in [1.54, 1.807) is 6.08 Å². The summed E-state index contributed by atoms with van der Waals surface area (Å²) in [6.07, 6.45) is 0.975. The summed E-state index contributed by atoms with van der Waals surface area (Å²) in [5, 5.41) is 0. The van der Waals surface area contributed by atoms with Crippen molar-refractivity contribution in [2.75, 3.05) is 0 Å². The molecule has 5 rings (SSSR count). The Morgan fingerprint density at radius 1 is 0.971 bits per heavy atom. The Morgan fingerprint density at radius 3 is 2.15 bits per heavy atom. The van der Waals surface area contributed by atoms with Gasteiger partial charge in [0.25, 0.3) is 0 Å². The van der Waals surface area contributed by atoms with E-state index in [1.807, 2.05) is 81.4 Å². The monoisotopic (exact) mass is 456 g/mol. The molecule has 34 heavy (non-hydrogen) atoms. The summed E-state index contributed by atoms with van der Waals surface area (Å²) in [5.74, 6) is -2.31. The van der Waals surface area contributed by atoms with E-state index in [2.05, 4.69) is 0 Å². The SMILES string of the molecule is CC1=CC(=O)C2=C(C)C[C@H](OC(=O)C(c3ccccc3)c3ccccc3)[C@@H]3[C@H](OC(=O)[C@H]3C)[C@@H]12. The van der Waals surface area contributed by atoms with Gasteiger partial charge in [0.05, 0.1) is 5.92 Å². The quantitative estimate of drug-likeness (QED) is 0.620. The van der Waals surface area contributed by atoms with Crippen molar-refractivity contribution >= 4 is 17.7 Å². The fourth-order valence-electron chi connectivity index (χ4n) is 5.88. The highest BCUT2D eigenvalue weighted by Gasteiger charge is 2.55. The van der Waals surface area contributed by atoms with Gasteiger partial charge in [-0.1, -0.05) is 78.7 Å². The highest BCUT2D eigenvalue weighted by Crippen LogP contribution is 2.48. The molecule has 0 aromatic heterocycles. The normalized spacial score (nSPS) is 28.2. The van der Waals surface area contributed by atoms with Crippen LogP contribution in [0.4, 0.5) is 0 Å². The zero-order valence-corrected chi connectivity index (χ0v) is 19.6. The van der Waals surface area contributed by atoms with Crippen molar-refractivity contribution in [3.63, 3.8) is 0 Å². The maximum absolute atomic E-state index is 13.7. The Hall–Kier alpha value is -3.47. The number of benzene rings is 2. The van der Waals surface area contributed by atoms with Crippen molar-refractivity contribution in [3.05, 3.63) is 94.6 Å². The molecule has 5 nitrogen and oxygen atoms in total. The van der Waals surface area contributed by atoms with Crippen molar-refractivity contribution in [2.24, 2.45) is 17.8 Å². The van der Waals surface area contributed by atoms with E-state index in [0.717, 1.165) is 22.3 Å². The predicted molar refractivity (Wildman–Crippen MR) is 127 cm³/mol. The third-order valence-corrected chi connectivity index (χ3v) is 7.50. The van der Waals surface area contributed by atoms with Crippen molar-refractivity contribution in [2.45, 2.75) is 45.3 Å². The fraction of sp³-hybridized carbons (Fsp3) is 0.345. The summed E-state index contributed by atoms with van der Waals surface area (Å²) in [6.45, 7) is 5.66. The number of hydrogen-bond donors (Lipinski definition) is 0. The van der Waals surface area contributed by atoms with Crippen molar-refractivity contribution in [1.82, 2.24) is 0 Å². The molecule has 5 atom stereocenters. The van der Waals surface area contributed by atoms with E-state index in [-0.39, 0.29) is 29.6 Å². The Labute approximate surface area is 199 Å². The van der Waals surface area contributed by atoms with Crippen LogP contribution in [0.5, 0.6) is 0 Å². The van der Waals surface area contributed by atoms with E-state index in [4.69, 9.17) is 9.47 Å². The van der Waals surface area contributed by atoms with Crippen LogP contribution in [-0.4, -0.2) is 29.9 Å². The molecule has 1 aliphatic heterocycles. The van der Waals surface area contributed by atoms with Crippen LogP contribution < -0.4 is 0 Å². The van der Waals surface area contributed by atoms with Gasteiger partial charge in [0, 0.05) is 23.8 Å². The number of hydrogen-bond acceptors (Lipinski definition) is 5. The van der Waals surface area contributed by atoms with Crippen LogP contribution in [-0.2, 0) is 23.9 Å². The highest BCUT2D eigenvalue weighted by atomic mass is 16.6. The van der Waals surface area contributed by atoms with Crippen LogP contribution in [0.1, 0.15) is 44.2 Å². The summed E-state index contributed by atoms with van der Waals surface area (Å²) in [5.41, 5.74) is 4.17. The van der Waals surface area contributed by atoms with E-state index in [9.17, 15) is 14.4 Å². The molecule has 2 aromatic rings. The number of ketones is 1. The van der Waals surface area contributed by atoms with Gasteiger partial charge >= 0.3 is 11.9 Å². The minimum absolute atomic E-state index is 0.0345. The van der Waals surface area contributed by atoms with Gasteiger partial charge in [-0.15, -0.1) is 0 Å². The second kappa shape index (κ2) is 8.71. The van der Waals surface area contributed by atoms with Crippen LogP contribution >= 0.6 is 0 Å². The number of fused-ring (bicyclic) bond motifs is 3. The Morgan fingerprint density at radius 2 is 1.56 bits per heavy atom. The summed E-state index contributed by atoms with van der Waals surface area (Å²) >= 11 is 0. The first-order valence-electron chi connectivity index (χ1n) is 11.8. The maximum atomic E-state index is 13.7. The van der Waals surface area contributed by atoms with Crippen LogP contribution in [0.3, 0.4) is 0 Å². The molecule has 2 aromatic carbocycles. The van der Waals surface area contributed by atoms with Crippen LogP contribution in [0.15, 0.2) is 83.5 Å². The minimum Gasteiger partial charge on any atom is -0.461 e. The van der Waals surface area contributed by atoms with Gasteiger partial charge in [0.2, 0.25) is 0 Å². The predicted octanol–water partition coefficient (Wildman–Crippen LogP) is 4.77. The molecule has 0 saturated carbocycles. The molecule has 0 unspecified atom stereocenters. The first-order valence-corrected chi connectivity index (χ1v) is 11.8. The molecule has 174 valence electrons. The van der Waals surface area contributed by atoms with E-state index >= 15 is 0 Å². The summed E-state index contributed by atoms with van der Waals surface area (Å²) < 4.78 is 12.1. The zero-order valence-electron chi connectivity index (χ0n) is 19.6. The van der Waals surface area contributed by atoms with Gasteiger partial charge in [-0.05, 0) is 31.1 Å². The molecule has 0 spiro atoms. The second-order valence-corrected chi connectivity index (χ2v) is 9.63. The van der Waals surface area contributed by atoms with E-state index in [0.29, 0.717) is 12.0 Å². The van der Waals surface area contributed by atoms with Gasteiger partial charge in [-0.25, -0.2) is 0 Å². The number of carbonyl (C=O) groups is 3. The van der Waals surface area contributed by atoms with Crippen molar-refractivity contribution in [1.29, 1.82) is 0 Å². The van der Waals surface area contributed by atoms with Gasteiger partial charge < -0.3 is 9.47 Å². The summed E-state index contributed by atoms with van der Waals surface area (Å²) in [7, 11) is 0. The zero-order chi connectivity index (χ0) is 24.0. The first-order chi connectivity index (χ1) is 16.4. The van der Waals surface area contributed by atoms with E-state index in [1.165, 1.54) is 0 Å². The smallest absolute Gasteiger partial charge is 0.318 e. The minimum atomic E-state index is -0.590. The number of allylic oxidation sites excluding steroid dienone is 1.